The first kappa shape index (κ1) is 12.6. The van der Waals surface area contributed by atoms with Crippen LogP contribution in [0.5, 0.6) is 0 Å². The van der Waals surface area contributed by atoms with Crippen LogP contribution in [0.4, 0.5) is 0 Å². The van der Waals surface area contributed by atoms with E-state index in [0.29, 0.717) is 5.92 Å². The van der Waals surface area contributed by atoms with Gasteiger partial charge in [0.1, 0.15) is 0 Å². The molecule has 0 aliphatic heterocycles. The summed E-state index contributed by atoms with van der Waals surface area (Å²) in [5, 5.41) is 4.60. The number of ether oxygens (including phenoxy) is 1. The van der Waals surface area contributed by atoms with Crippen molar-refractivity contribution in [2.45, 2.75) is 25.0 Å². The van der Waals surface area contributed by atoms with Crippen molar-refractivity contribution in [2.75, 3.05) is 14.2 Å². The number of aromatic nitrogens is 1. The minimum absolute atomic E-state index is 0.205. The maximum atomic E-state index is 5.74. The highest BCUT2D eigenvalue weighted by atomic mass is 16.5. The lowest BCUT2D eigenvalue weighted by molar-refractivity contribution is 0.0534. The summed E-state index contributed by atoms with van der Waals surface area (Å²) in [6, 6.07) is 10.7. The molecule has 0 saturated heterocycles. The van der Waals surface area contributed by atoms with Crippen molar-refractivity contribution in [1.82, 2.24) is 10.3 Å². The van der Waals surface area contributed by atoms with Gasteiger partial charge in [-0.1, -0.05) is 24.3 Å². The summed E-state index contributed by atoms with van der Waals surface area (Å²) in [7, 11) is 3.81. The van der Waals surface area contributed by atoms with Gasteiger partial charge >= 0.3 is 0 Å². The molecular weight excluding hydrogens is 236 g/mol. The smallest absolute Gasteiger partial charge is 0.0794 e. The van der Waals surface area contributed by atoms with Crippen molar-refractivity contribution in [2.24, 2.45) is 5.92 Å². The number of likely N-dealkylation sites (N-methyl/N-ethyl adjacent to an activating group) is 1. The Kier molecular flexibility index (Phi) is 3.49. The minimum Gasteiger partial charge on any atom is -0.379 e. The van der Waals surface area contributed by atoms with Crippen molar-refractivity contribution >= 4 is 10.9 Å². The van der Waals surface area contributed by atoms with Crippen LogP contribution >= 0.6 is 0 Å². The fraction of sp³-hybridized carbons (Fsp3) is 0.438. The number of benzene rings is 1. The SMILES string of the molecule is CNC(c1cccc2cccnc12)C(OC)C1CC1. The number of hydrogen-bond donors (Lipinski definition) is 1. The molecule has 1 N–H and O–H groups in total. The number of hydrogen-bond acceptors (Lipinski definition) is 3. The first-order valence-corrected chi connectivity index (χ1v) is 6.89. The lowest BCUT2D eigenvalue weighted by Crippen LogP contribution is -2.32. The lowest BCUT2D eigenvalue weighted by Gasteiger charge is -2.26. The van der Waals surface area contributed by atoms with Crippen LogP contribution in [0.2, 0.25) is 0 Å². The van der Waals surface area contributed by atoms with Crippen LogP contribution in [0, 0.1) is 5.92 Å². The second kappa shape index (κ2) is 5.27. The Morgan fingerprint density at radius 3 is 2.74 bits per heavy atom. The largest absolute Gasteiger partial charge is 0.379 e. The van der Waals surface area contributed by atoms with E-state index in [4.69, 9.17) is 4.74 Å². The number of rotatable bonds is 5. The Labute approximate surface area is 114 Å². The molecule has 1 aliphatic carbocycles. The first-order valence-electron chi connectivity index (χ1n) is 6.89. The number of pyridine rings is 1. The van der Waals surface area contributed by atoms with E-state index in [1.54, 1.807) is 0 Å². The summed E-state index contributed by atoms with van der Waals surface area (Å²) in [6.07, 6.45) is 4.64. The standard InChI is InChI=1S/C16H20N2O/c1-17-15(16(19-2)12-8-9-12)13-7-3-5-11-6-4-10-18-14(11)13/h3-7,10,12,15-17H,8-9H2,1-2H3. The molecule has 0 bridgehead atoms. The average molecular weight is 256 g/mol. The molecule has 2 atom stereocenters. The molecular formula is C16H20N2O. The van der Waals surface area contributed by atoms with E-state index in [2.05, 4.69) is 34.6 Å². The molecule has 1 fully saturated rings. The second-order valence-electron chi connectivity index (χ2n) is 5.23. The summed E-state index contributed by atoms with van der Waals surface area (Å²) in [6.45, 7) is 0. The van der Waals surface area contributed by atoms with E-state index < -0.39 is 0 Å². The van der Waals surface area contributed by atoms with Crippen LogP contribution in [0.15, 0.2) is 36.5 Å². The quantitative estimate of drug-likeness (QED) is 0.893. The molecule has 2 unspecified atom stereocenters. The summed E-state index contributed by atoms with van der Waals surface area (Å²) in [4.78, 5) is 4.55. The van der Waals surface area contributed by atoms with Crippen LogP contribution in [0.3, 0.4) is 0 Å². The van der Waals surface area contributed by atoms with Gasteiger partial charge in [0, 0.05) is 18.7 Å². The average Bonchev–Trinajstić information content (AvgIpc) is 3.29. The molecule has 0 amide bonds. The van der Waals surface area contributed by atoms with Crippen LogP contribution in [-0.2, 0) is 4.74 Å². The molecule has 3 nitrogen and oxygen atoms in total. The minimum atomic E-state index is 0.205. The number of methoxy groups -OCH3 is 1. The van der Waals surface area contributed by atoms with E-state index in [1.165, 1.54) is 23.8 Å². The van der Waals surface area contributed by atoms with Gasteiger partial charge in [-0.25, -0.2) is 0 Å². The van der Waals surface area contributed by atoms with Crippen molar-refractivity contribution in [1.29, 1.82) is 0 Å². The fourth-order valence-corrected chi connectivity index (χ4v) is 2.90. The van der Waals surface area contributed by atoms with E-state index in [0.717, 1.165) is 5.52 Å². The van der Waals surface area contributed by atoms with Gasteiger partial charge in [-0.2, -0.15) is 0 Å². The van der Waals surface area contributed by atoms with Gasteiger partial charge in [0.2, 0.25) is 0 Å². The highest BCUT2D eigenvalue weighted by Gasteiger charge is 2.37. The van der Waals surface area contributed by atoms with E-state index >= 15 is 0 Å². The van der Waals surface area contributed by atoms with Crippen LogP contribution < -0.4 is 5.32 Å². The molecule has 1 aromatic heterocycles. The monoisotopic (exact) mass is 256 g/mol. The molecule has 2 aromatic rings. The summed E-state index contributed by atoms with van der Waals surface area (Å²) in [5.41, 5.74) is 2.31. The van der Waals surface area contributed by atoms with Gasteiger partial charge < -0.3 is 10.1 Å². The Hall–Kier alpha value is -1.45. The third-order valence-corrected chi connectivity index (χ3v) is 4.00. The van der Waals surface area contributed by atoms with Crippen molar-refractivity contribution in [3.63, 3.8) is 0 Å². The zero-order valence-corrected chi connectivity index (χ0v) is 11.5. The van der Waals surface area contributed by atoms with E-state index in [1.807, 2.05) is 26.4 Å². The number of fused-ring (bicyclic) bond motifs is 1. The molecule has 0 spiro atoms. The van der Waals surface area contributed by atoms with Gasteiger partial charge in [-0.05, 0) is 37.4 Å². The van der Waals surface area contributed by atoms with Crippen molar-refractivity contribution < 1.29 is 4.74 Å². The first-order chi connectivity index (χ1) is 9.35. The molecule has 3 heteroatoms. The molecule has 1 aromatic carbocycles. The van der Waals surface area contributed by atoms with Crippen molar-refractivity contribution in [3.8, 4) is 0 Å². The molecule has 3 rings (SSSR count). The third-order valence-electron chi connectivity index (χ3n) is 4.00. The zero-order chi connectivity index (χ0) is 13.2. The third kappa shape index (κ3) is 2.36. The van der Waals surface area contributed by atoms with Gasteiger partial charge in [0.15, 0.2) is 0 Å². The normalized spacial score (nSPS) is 18.4. The van der Waals surface area contributed by atoms with Crippen LogP contribution in [0.1, 0.15) is 24.4 Å². The van der Waals surface area contributed by atoms with Gasteiger partial charge in [0.25, 0.3) is 0 Å². The summed E-state index contributed by atoms with van der Waals surface area (Å²) >= 11 is 0. The Bertz CT molecular complexity index is 560. The van der Waals surface area contributed by atoms with Gasteiger partial charge in [-0.3, -0.25) is 4.98 Å². The van der Waals surface area contributed by atoms with Crippen LogP contribution in [-0.4, -0.2) is 25.2 Å². The van der Waals surface area contributed by atoms with Crippen molar-refractivity contribution in [3.05, 3.63) is 42.1 Å². The predicted octanol–water partition coefficient (Wildman–Crippen LogP) is 2.92. The molecule has 100 valence electrons. The number of nitrogens with one attached hydrogen (secondary N) is 1. The van der Waals surface area contributed by atoms with Gasteiger partial charge in [0.05, 0.1) is 17.7 Å². The lowest BCUT2D eigenvalue weighted by atomic mass is 9.95. The maximum absolute atomic E-state index is 5.74. The molecule has 1 heterocycles. The van der Waals surface area contributed by atoms with E-state index in [9.17, 15) is 0 Å². The Balaban J connectivity index is 2.05. The highest BCUT2D eigenvalue weighted by molar-refractivity contribution is 5.82. The molecule has 19 heavy (non-hydrogen) atoms. The van der Waals surface area contributed by atoms with E-state index in [-0.39, 0.29) is 12.1 Å². The zero-order valence-electron chi connectivity index (χ0n) is 11.5. The summed E-state index contributed by atoms with van der Waals surface area (Å²) < 4.78 is 5.74. The molecule has 1 aliphatic rings. The number of nitrogens with zero attached hydrogens (tertiary/aromatic N) is 1. The Morgan fingerprint density at radius 2 is 2.05 bits per heavy atom. The predicted molar refractivity (Wildman–Crippen MR) is 77.1 cm³/mol. The fourth-order valence-electron chi connectivity index (χ4n) is 2.90. The molecule has 1 saturated carbocycles. The Morgan fingerprint density at radius 1 is 1.26 bits per heavy atom. The topological polar surface area (TPSA) is 34.2 Å². The van der Waals surface area contributed by atoms with Gasteiger partial charge in [-0.15, -0.1) is 0 Å². The van der Waals surface area contributed by atoms with Crippen LogP contribution in [0.25, 0.3) is 10.9 Å². The highest BCUT2D eigenvalue weighted by Crippen LogP contribution is 2.40. The summed E-state index contributed by atoms with van der Waals surface area (Å²) in [5.74, 6) is 0.682. The molecule has 0 radical (unpaired) electrons. The maximum Gasteiger partial charge on any atom is 0.0794 e. The number of para-hydroxylation sites is 1. The second-order valence-corrected chi connectivity index (χ2v) is 5.23.